The Morgan fingerprint density at radius 1 is 1.06 bits per heavy atom. The minimum Gasteiger partial charge on any atom is -0.476 e. The zero-order valence-electron chi connectivity index (χ0n) is 19.1. The number of hydrogen-bond donors (Lipinski definition) is 3. The van der Waals surface area contributed by atoms with Gasteiger partial charge in [-0.25, -0.2) is 9.59 Å². The Bertz CT molecular complexity index is 1200. The number of ether oxygens (including phenoxy) is 1. The summed E-state index contributed by atoms with van der Waals surface area (Å²) in [7, 11) is 1.47. The molecule has 176 valence electrons. The summed E-state index contributed by atoms with van der Waals surface area (Å²) in [6, 6.07) is 15.1. The second-order valence-electron chi connectivity index (χ2n) is 8.52. The number of nitrogens with one attached hydrogen (secondary N) is 2. The highest BCUT2D eigenvalue weighted by Gasteiger charge is 2.31. The molecule has 3 aromatic rings. The maximum Gasteiger partial charge on any atom is 0.407 e. The Morgan fingerprint density at radius 3 is 2.21 bits per heavy atom. The highest BCUT2D eigenvalue weighted by atomic mass is 16.5. The summed E-state index contributed by atoms with van der Waals surface area (Å²) in [4.78, 5) is 37.0. The fourth-order valence-corrected chi connectivity index (χ4v) is 4.30. The van der Waals surface area contributed by atoms with Gasteiger partial charge in [-0.2, -0.15) is 5.10 Å². The fourth-order valence-electron chi connectivity index (χ4n) is 4.30. The molecule has 0 fully saturated rings. The molecule has 0 bridgehead atoms. The van der Waals surface area contributed by atoms with E-state index in [1.807, 2.05) is 36.4 Å². The van der Waals surface area contributed by atoms with Crippen LogP contribution in [0.25, 0.3) is 11.1 Å². The normalized spacial score (nSPS) is 13.2. The van der Waals surface area contributed by atoms with Crippen LogP contribution >= 0.6 is 0 Å². The first-order valence-corrected chi connectivity index (χ1v) is 11.0. The van der Waals surface area contributed by atoms with Crippen LogP contribution in [-0.4, -0.2) is 45.5 Å². The Balaban J connectivity index is 1.43. The van der Waals surface area contributed by atoms with Crippen molar-refractivity contribution in [1.29, 1.82) is 0 Å². The molecule has 1 aromatic heterocycles. The second-order valence-corrected chi connectivity index (χ2v) is 8.52. The Labute approximate surface area is 196 Å². The maximum atomic E-state index is 12.9. The third-order valence-corrected chi connectivity index (χ3v) is 5.97. The molecule has 0 spiro atoms. The Hall–Kier alpha value is -4.14. The third-order valence-electron chi connectivity index (χ3n) is 5.97. The lowest BCUT2D eigenvalue weighted by Gasteiger charge is -2.22. The zero-order valence-corrected chi connectivity index (χ0v) is 19.1. The number of rotatable bonds is 7. The van der Waals surface area contributed by atoms with Gasteiger partial charge in [0.1, 0.15) is 12.6 Å². The van der Waals surface area contributed by atoms with Gasteiger partial charge in [0.2, 0.25) is 5.91 Å². The van der Waals surface area contributed by atoms with Gasteiger partial charge in [-0.05, 0) is 28.2 Å². The highest BCUT2D eigenvalue weighted by Crippen LogP contribution is 2.44. The van der Waals surface area contributed by atoms with E-state index in [1.54, 1.807) is 13.8 Å². The van der Waals surface area contributed by atoms with Crippen molar-refractivity contribution in [3.05, 3.63) is 71.5 Å². The van der Waals surface area contributed by atoms with Gasteiger partial charge >= 0.3 is 12.1 Å². The number of carbonyl (C=O) groups is 3. The summed E-state index contributed by atoms with van der Waals surface area (Å²) in [5.41, 5.74) is 4.33. The van der Waals surface area contributed by atoms with E-state index >= 15 is 0 Å². The van der Waals surface area contributed by atoms with Gasteiger partial charge in [0.05, 0.1) is 11.9 Å². The van der Waals surface area contributed by atoms with E-state index in [4.69, 9.17) is 4.74 Å². The first kappa shape index (κ1) is 23.0. The number of amides is 2. The van der Waals surface area contributed by atoms with Crippen molar-refractivity contribution in [2.45, 2.75) is 25.8 Å². The predicted octanol–water partition coefficient (Wildman–Crippen LogP) is 3.62. The van der Waals surface area contributed by atoms with Crippen molar-refractivity contribution >= 4 is 23.7 Å². The topological polar surface area (TPSA) is 123 Å². The summed E-state index contributed by atoms with van der Waals surface area (Å²) in [5.74, 6) is -2.15. The molecule has 3 N–H and O–H groups in total. The van der Waals surface area contributed by atoms with Crippen molar-refractivity contribution in [2.24, 2.45) is 13.0 Å². The van der Waals surface area contributed by atoms with Crippen LogP contribution in [0.1, 0.15) is 41.4 Å². The lowest BCUT2D eigenvalue weighted by atomic mass is 9.98. The molecule has 1 atom stereocenters. The van der Waals surface area contributed by atoms with Crippen molar-refractivity contribution in [3.8, 4) is 11.1 Å². The van der Waals surface area contributed by atoms with Crippen LogP contribution in [0.15, 0.2) is 54.7 Å². The molecule has 9 heteroatoms. The number of aromatic carboxylic acids is 1. The molecule has 0 aliphatic heterocycles. The molecule has 2 amide bonds. The number of alkyl carbamates (subject to hydrolysis) is 1. The Morgan fingerprint density at radius 2 is 1.65 bits per heavy atom. The SMILES string of the molecule is CC(C)[C@@H](NC(=O)OCC1c2ccccc2-c2ccccc21)C(=O)Nc1cnn(C)c1C(=O)O. The van der Waals surface area contributed by atoms with Crippen molar-refractivity contribution in [1.82, 2.24) is 15.1 Å². The van der Waals surface area contributed by atoms with Gasteiger partial charge in [0.15, 0.2) is 5.69 Å². The number of anilines is 1. The van der Waals surface area contributed by atoms with E-state index in [9.17, 15) is 19.5 Å². The molecule has 0 saturated heterocycles. The van der Waals surface area contributed by atoms with E-state index in [1.165, 1.54) is 13.2 Å². The number of aryl methyl sites for hydroxylation is 1. The molecule has 2 aromatic carbocycles. The number of hydrogen-bond acceptors (Lipinski definition) is 5. The van der Waals surface area contributed by atoms with Crippen LogP contribution in [0.3, 0.4) is 0 Å². The molecule has 0 saturated carbocycles. The average molecular weight is 463 g/mol. The molecular formula is C25H26N4O5. The summed E-state index contributed by atoms with van der Waals surface area (Å²) >= 11 is 0. The molecule has 4 rings (SSSR count). The lowest BCUT2D eigenvalue weighted by Crippen LogP contribution is -2.47. The number of fused-ring (bicyclic) bond motifs is 3. The lowest BCUT2D eigenvalue weighted by molar-refractivity contribution is -0.119. The summed E-state index contributed by atoms with van der Waals surface area (Å²) < 4.78 is 6.70. The van der Waals surface area contributed by atoms with Crippen LogP contribution in [0.4, 0.5) is 10.5 Å². The van der Waals surface area contributed by atoms with Crippen molar-refractivity contribution < 1.29 is 24.2 Å². The van der Waals surface area contributed by atoms with E-state index in [-0.39, 0.29) is 29.8 Å². The predicted molar refractivity (Wildman–Crippen MR) is 126 cm³/mol. The van der Waals surface area contributed by atoms with Crippen LogP contribution < -0.4 is 10.6 Å². The number of nitrogens with zero attached hydrogens (tertiary/aromatic N) is 2. The number of carboxylic acids is 1. The first-order chi connectivity index (χ1) is 16.3. The molecule has 1 heterocycles. The largest absolute Gasteiger partial charge is 0.476 e. The molecule has 34 heavy (non-hydrogen) atoms. The number of carbonyl (C=O) groups excluding carboxylic acids is 2. The molecule has 9 nitrogen and oxygen atoms in total. The van der Waals surface area contributed by atoms with Gasteiger partial charge in [-0.15, -0.1) is 0 Å². The molecular weight excluding hydrogens is 436 g/mol. The van der Waals surface area contributed by atoms with Crippen LogP contribution in [0, 0.1) is 5.92 Å². The average Bonchev–Trinajstić information content (AvgIpc) is 3.33. The molecule has 0 radical (unpaired) electrons. The minimum atomic E-state index is -1.22. The number of carboxylic acid groups (broad SMARTS) is 1. The van der Waals surface area contributed by atoms with E-state index < -0.39 is 24.0 Å². The maximum absolute atomic E-state index is 12.9. The minimum absolute atomic E-state index is 0.0555. The summed E-state index contributed by atoms with van der Waals surface area (Å²) in [5, 5.41) is 18.4. The second kappa shape index (κ2) is 9.38. The van der Waals surface area contributed by atoms with Crippen molar-refractivity contribution in [3.63, 3.8) is 0 Å². The van der Waals surface area contributed by atoms with Gasteiger partial charge < -0.3 is 20.5 Å². The quantitative estimate of drug-likeness (QED) is 0.493. The monoisotopic (exact) mass is 462 g/mol. The zero-order chi connectivity index (χ0) is 24.4. The summed E-state index contributed by atoms with van der Waals surface area (Å²) in [6.07, 6.45) is 0.534. The van der Waals surface area contributed by atoms with Crippen LogP contribution in [0.5, 0.6) is 0 Å². The molecule has 1 aliphatic carbocycles. The smallest absolute Gasteiger partial charge is 0.407 e. The molecule has 1 aliphatic rings. The highest BCUT2D eigenvalue weighted by molar-refractivity contribution is 6.02. The Kier molecular flexibility index (Phi) is 6.36. The summed E-state index contributed by atoms with van der Waals surface area (Å²) in [6.45, 7) is 3.67. The van der Waals surface area contributed by atoms with Crippen molar-refractivity contribution in [2.75, 3.05) is 11.9 Å². The van der Waals surface area contributed by atoms with E-state index in [2.05, 4.69) is 27.9 Å². The van der Waals surface area contributed by atoms with Gasteiger partial charge in [-0.3, -0.25) is 9.48 Å². The van der Waals surface area contributed by atoms with Crippen LogP contribution in [0.2, 0.25) is 0 Å². The van der Waals surface area contributed by atoms with Gasteiger partial charge in [-0.1, -0.05) is 62.4 Å². The number of benzene rings is 2. The first-order valence-electron chi connectivity index (χ1n) is 11.0. The fraction of sp³-hybridized carbons (Fsp3) is 0.280. The van der Waals surface area contributed by atoms with Gasteiger partial charge in [0, 0.05) is 13.0 Å². The standard InChI is InChI=1S/C25H26N4O5/c1-14(2)21(23(30)27-20-12-26-29(3)22(20)24(31)32)28-25(33)34-13-19-17-10-6-4-8-15(17)16-9-5-7-11-18(16)19/h4-12,14,19,21H,13H2,1-3H3,(H,27,30)(H,28,33)(H,31,32)/t21-/m1/s1. The van der Waals surface area contributed by atoms with E-state index in [0.29, 0.717) is 0 Å². The van der Waals surface area contributed by atoms with Crippen LogP contribution in [-0.2, 0) is 16.6 Å². The van der Waals surface area contributed by atoms with E-state index in [0.717, 1.165) is 26.9 Å². The third kappa shape index (κ3) is 4.36. The number of aromatic nitrogens is 2. The van der Waals surface area contributed by atoms with Gasteiger partial charge in [0.25, 0.3) is 0 Å². The molecule has 0 unspecified atom stereocenters.